The lowest BCUT2D eigenvalue weighted by Crippen LogP contribution is -2.18. The summed E-state index contributed by atoms with van der Waals surface area (Å²) < 4.78 is 0. The minimum absolute atomic E-state index is 0.357. The number of hydrogen-bond donors (Lipinski definition) is 1. The van der Waals surface area contributed by atoms with E-state index in [1.807, 2.05) is 30.6 Å². The van der Waals surface area contributed by atoms with Gasteiger partial charge in [0.15, 0.2) is 0 Å². The van der Waals surface area contributed by atoms with E-state index in [2.05, 4.69) is 43.2 Å². The Kier molecular flexibility index (Phi) is 4.15. The molecule has 0 aliphatic rings. The minimum atomic E-state index is 0.357. The quantitative estimate of drug-likeness (QED) is 0.909. The highest BCUT2D eigenvalue weighted by atomic mass is 32.1. The fraction of sp³-hybridized carbons (Fsp3) is 0.400. The first-order valence-corrected chi connectivity index (χ1v) is 7.08. The van der Waals surface area contributed by atoms with E-state index in [1.54, 1.807) is 0 Å². The van der Waals surface area contributed by atoms with Gasteiger partial charge in [-0.05, 0) is 51.1 Å². The molecule has 0 amide bonds. The van der Waals surface area contributed by atoms with Gasteiger partial charge in [-0.15, -0.1) is 11.3 Å². The Morgan fingerprint density at radius 3 is 2.61 bits per heavy atom. The molecule has 3 heteroatoms. The lowest BCUT2D eigenvalue weighted by molar-refractivity contribution is 0.592. The highest BCUT2D eigenvalue weighted by molar-refractivity contribution is 7.12. The van der Waals surface area contributed by atoms with E-state index >= 15 is 0 Å². The van der Waals surface area contributed by atoms with Crippen LogP contribution in [0.5, 0.6) is 0 Å². The summed E-state index contributed by atoms with van der Waals surface area (Å²) in [5.74, 6) is 0. The molecule has 0 fully saturated rings. The molecule has 1 N–H and O–H groups in total. The van der Waals surface area contributed by atoms with Crippen LogP contribution < -0.4 is 5.32 Å². The highest BCUT2D eigenvalue weighted by Gasteiger charge is 2.15. The molecule has 2 aromatic rings. The second-order valence-electron chi connectivity index (χ2n) is 4.70. The number of hydrogen-bond acceptors (Lipinski definition) is 3. The zero-order chi connectivity index (χ0) is 13.1. The molecule has 0 saturated carbocycles. The van der Waals surface area contributed by atoms with E-state index in [0.29, 0.717) is 6.04 Å². The van der Waals surface area contributed by atoms with Gasteiger partial charge in [0, 0.05) is 34.1 Å². The van der Waals surface area contributed by atoms with Crippen molar-refractivity contribution >= 4 is 11.3 Å². The van der Waals surface area contributed by atoms with Crippen molar-refractivity contribution in [3.8, 4) is 0 Å². The van der Waals surface area contributed by atoms with Gasteiger partial charge in [0.25, 0.3) is 0 Å². The van der Waals surface area contributed by atoms with Gasteiger partial charge in [-0.1, -0.05) is 6.07 Å². The van der Waals surface area contributed by atoms with E-state index in [9.17, 15) is 0 Å². The summed E-state index contributed by atoms with van der Waals surface area (Å²) in [6.45, 7) is 6.48. The van der Waals surface area contributed by atoms with Crippen LogP contribution >= 0.6 is 11.3 Å². The van der Waals surface area contributed by atoms with Crippen molar-refractivity contribution in [3.63, 3.8) is 0 Å². The normalized spacial score (nSPS) is 12.7. The maximum atomic E-state index is 4.49. The number of nitrogens with zero attached hydrogens (tertiary/aromatic N) is 1. The first kappa shape index (κ1) is 13.2. The summed E-state index contributed by atoms with van der Waals surface area (Å²) in [6, 6.07) is 6.77. The molecule has 96 valence electrons. The van der Waals surface area contributed by atoms with Gasteiger partial charge in [0.1, 0.15) is 0 Å². The standard InChI is InChI=1S/C15H20N2S/c1-10-6-5-7-17-13(10)9-14(16-4)15-8-11(2)12(3)18-15/h5-8,14,16H,9H2,1-4H3. The van der Waals surface area contributed by atoms with Gasteiger partial charge in [-0.2, -0.15) is 0 Å². The van der Waals surface area contributed by atoms with Crippen molar-refractivity contribution in [1.29, 1.82) is 0 Å². The fourth-order valence-corrected chi connectivity index (χ4v) is 3.20. The van der Waals surface area contributed by atoms with E-state index in [-0.39, 0.29) is 0 Å². The van der Waals surface area contributed by atoms with Crippen LogP contribution in [0.25, 0.3) is 0 Å². The molecule has 2 aromatic heterocycles. The van der Waals surface area contributed by atoms with E-state index in [0.717, 1.165) is 6.42 Å². The van der Waals surface area contributed by atoms with Gasteiger partial charge >= 0.3 is 0 Å². The molecule has 0 spiro atoms. The van der Waals surface area contributed by atoms with Crippen molar-refractivity contribution in [2.75, 3.05) is 7.05 Å². The first-order valence-electron chi connectivity index (χ1n) is 6.26. The summed E-state index contributed by atoms with van der Waals surface area (Å²) >= 11 is 1.88. The second kappa shape index (κ2) is 5.63. The summed E-state index contributed by atoms with van der Waals surface area (Å²) in [6.07, 6.45) is 2.82. The van der Waals surface area contributed by atoms with Crippen LogP contribution in [0.3, 0.4) is 0 Å². The molecule has 0 saturated heterocycles. The van der Waals surface area contributed by atoms with Crippen molar-refractivity contribution in [2.24, 2.45) is 0 Å². The molecular weight excluding hydrogens is 240 g/mol. The number of aromatic nitrogens is 1. The SMILES string of the molecule is CNC(Cc1ncccc1C)c1cc(C)c(C)s1. The number of thiophene rings is 1. The van der Waals surface area contributed by atoms with Crippen LogP contribution in [0, 0.1) is 20.8 Å². The molecule has 0 radical (unpaired) electrons. The molecule has 2 rings (SSSR count). The van der Waals surface area contributed by atoms with Crippen LogP contribution in [0.4, 0.5) is 0 Å². The van der Waals surface area contributed by atoms with Crippen molar-refractivity contribution < 1.29 is 0 Å². The maximum Gasteiger partial charge on any atom is 0.0468 e. The van der Waals surface area contributed by atoms with Crippen molar-refractivity contribution in [3.05, 3.63) is 51.0 Å². The average molecular weight is 260 g/mol. The molecule has 0 aliphatic carbocycles. The summed E-state index contributed by atoms with van der Waals surface area (Å²) in [5, 5.41) is 3.41. The van der Waals surface area contributed by atoms with Gasteiger partial charge in [0.2, 0.25) is 0 Å². The van der Waals surface area contributed by atoms with E-state index in [4.69, 9.17) is 0 Å². The van der Waals surface area contributed by atoms with Gasteiger partial charge < -0.3 is 5.32 Å². The average Bonchev–Trinajstić information content (AvgIpc) is 2.68. The predicted molar refractivity (Wildman–Crippen MR) is 78.3 cm³/mol. The smallest absolute Gasteiger partial charge is 0.0468 e. The molecule has 18 heavy (non-hydrogen) atoms. The Balaban J connectivity index is 2.22. The zero-order valence-electron chi connectivity index (χ0n) is 11.4. The topological polar surface area (TPSA) is 24.9 Å². The number of aryl methyl sites for hydroxylation is 3. The van der Waals surface area contributed by atoms with Crippen LogP contribution in [-0.4, -0.2) is 12.0 Å². The third-order valence-corrected chi connectivity index (χ3v) is 4.66. The van der Waals surface area contributed by atoms with Gasteiger partial charge in [0.05, 0.1) is 0 Å². The molecular formula is C15H20N2S. The van der Waals surface area contributed by atoms with Crippen molar-refractivity contribution in [2.45, 2.75) is 33.2 Å². The van der Waals surface area contributed by atoms with E-state index in [1.165, 1.54) is 26.6 Å². The molecule has 2 heterocycles. The second-order valence-corrected chi connectivity index (χ2v) is 5.99. The minimum Gasteiger partial charge on any atom is -0.312 e. The molecule has 0 aliphatic heterocycles. The molecule has 0 bridgehead atoms. The number of nitrogens with one attached hydrogen (secondary N) is 1. The Morgan fingerprint density at radius 2 is 2.06 bits per heavy atom. The Hall–Kier alpha value is -1.19. The predicted octanol–water partition coefficient (Wildman–Crippen LogP) is 3.57. The largest absolute Gasteiger partial charge is 0.312 e. The molecule has 1 atom stereocenters. The Labute approximate surface area is 113 Å². The number of rotatable bonds is 4. The lowest BCUT2D eigenvalue weighted by atomic mass is 10.1. The lowest BCUT2D eigenvalue weighted by Gasteiger charge is -2.15. The monoisotopic (exact) mass is 260 g/mol. The van der Waals surface area contributed by atoms with Crippen molar-refractivity contribution in [1.82, 2.24) is 10.3 Å². The number of likely N-dealkylation sites (N-methyl/N-ethyl adjacent to an activating group) is 1. The Morgan fingerprint density at radius 1 is 1.28 bits per heavy atom. The maximum absolute atomic E-state index is 4.49. The van der Waals surface area contributed by atoms with Crippen LogP contribution in [0.2, 0.25) is 0 Å². The summed E-state index contributed by atoms with van der Waals surface area (Å²) in [5.41, 5.74) is 3.83. The van der Waals surface area contributed by atoms with Crippen LogP contribution in [0.15, 0.2) is 24.4 Å². The molecule has 0 aromatic carbocycles. The molecule has 1 unspecified atom stereocenters. The highest BCUT2D eigenvalue weighted by Crippen LogP contribution is 2.28. The third-order valence-electron chi connectivity index (χ3n) is 3.39. The van der Waals surface area contributed by atoms with Crippen LogP contribution in [-0.2, 0) is 6.42 Å². The fourth-order valence-electron chi connectivity index (χ4n) is 2.04. The number of pyridine rings is 1. The Bertz CT molecular complexity index is 512. The van der Waals surface area contributed by atoms with Gasteiger partial charge in [-0.25, -0.2) is 0 Å². The van der Waals surface area contributed by atoms with Crippen LogP contribution in [0.1, 0.15) is 32.6 Å². The summed E-state index contributed by atoms with van der Waals surface area (Å²) in [4.78, 5) is 7.29. The molecule has 2 nitrogen and oxygen atoms in total. The first-order chi connectivity index (χ1) is 8.61. The van der Waals surface area contributed by atoms with E-state index < -0.39 is 0 Å². The third kappa shape index (κ3) is 2.79. The van der Waals surface area contributed by atoms with Gasteiger partial charge in [-0.3, -0.25) is 4.98 Å². The summed E-state index contributed by atoms with van der Waals surface area (Å²) in [7, 11) is 2.02. The zero-order valence-corrected chi connectivity index (χ0v) is 12.3.